The number of aromatic nitrogens is 1. The molecular formula is C16H16BrN3O3. The summed E-state index contributed by atoms with van der Waals surface area (Å²) < 4.78 is 5.95. The molecule has 0 radical (unpaired) electrons. The number of carbonyl (C=O) groups is 2. The first-order chi connectivity index (χ1) is 10.8. The number of urea groups is 1. The number of benzene rings is 1. The molecule has 1 aromatic carbocycles. The van der Waals surface area contributed by atoms with E-state index in [1.807, 2.05) is 24.3 Å². The van der Waals surface area contributed by atoms with E-state index in [9.17, 15) is 9.59 Å². The lowest BCUT2D eigenvalue weighted by atomic mass is 9.92. The predicted molar refractivity (Wildman–Crippen MR) is 86.6 cm³/mol. The molecule has 1 saturated heterocycles. The van der Waals surface area contributed by atoms with E-state index in [4.69, 9.17) is 4.52 Å². The van der Waals surface area contributed by atoms with Crippen LogP contribution in [0.4, 0.5) is 4.79 Å². The van der Waals surface area contributed by atoms with Crippen LogP contribution in [-0.4, -0.2) is 22.0 Å². The van der Waals surface area contributed by atoms with E-state index >= 15 is 0 Å². The Morgan fingerprint density at radius 3 is 2.70 bits per heavy atom. The van der Waals surface area contributed by atoms with Gasteiger partial charge in [-0.1, -0.05) is 33.2 Å². The van der Waals surface area contributed by atoms with Gasteiger partial charge in [-0.3, -0.25) is 9.69 Å². The van der Waals surface area contributed by atoms with Crippen molar-refractivity contribution in [2.75, 3.05) is 0 Å². The molecule has 1 aliphatic rings. The van der Waals surface area contributed by atoms with Crippen molar-refractivity contribution in [3.8, 4) is 0 Å². The standard InChI is InChI=1S/C16H16BrN3O3/c1-9-13(10(2)23-19-9)8-20-14(21)16(3,18-15(20)22)11-5-4-6-12(17)7-11/h4-7H,8H2,1-3H3,(H,18,22)/t16-/m1/s1. The smallest absolute Gasteiger partial charge is 0.325 e. The molecule has 0 aliphatic carbocycles. The molecule has 7 heteroatoms. The van der Waals surface area contributed by atoms with Gasteiger partial charge in [0.1, 0.15) is 11.3 Å². The summed E-state index contributed by atoms with van der Waals surface area (Å²) in [4.78, 5) is 26.4. The van der Waals surface area contributed by atoms with Crippen LogP contribution in [0, 0.1) is 13.8 Å². The van der Waals surface area contributed by atoms with Crippen molar-refractivity contribution in [1.82, 2.24) is 15.4 Å². The van der Waals surface area contributed by atoms with Crippen molar-refractivity contribution in [3.63, 3.8) is 0 Å². The molecule has 1 atom stereocenters. The Labute approximate surface area is 142 Å². The summed E-state index contributed by atoms with van der Waals surface area (Å²) in [6.07, 6.45) is 0. The van der Waals surface area contributed by atoms with Crippen LogP contribution in [0.5, 0.6) is 0 Å². The van der Waals surface area contributed by atoms with Crippen LogP contribution in [0.25, 0.3) is 0 Å². The summed E-state index contributed by atoms with van der Waals surface area (Å²) in [6.45, 7) is 5.41. The number of hydrogen-bond donors (Lipinski definition) is 1. The number of carbonyl (C=O) groups excluding carboxylic acids is 2. The van der Waals surface area contributed by atoms with Gasteiger partial charge < -0.3 is 9.84 Å². The number of imide groups is 1. The molecule has 1 aliphatic heterocycles. The SMILES string of the molecule is Cc1noc(C)c1CN1C(=O)N[C@](C)(c2cccc(Br)c2)C1=O. The minimum absolute atomic E-state index is 0.148. The first kappa shape index (κ1) is 15.7. The molecular weight excluding hydrogens is 362 g/mol. The van der Waals surface area contributed by atoms with Crippen molar-refractivity contribution in [1.29, 1.82) is 0 Å². The minimum Gasteiger partial charge on any atom is -0.361 e. The summed E-state index contributed by atoms with van der Waals surface area (Å²) in [5.74, 6) is 0.319. The van der Waals surface area contributed by atoms with Crippen LogP contribution in [-0.2, 0) is 16.9 Å². The Morgan fingerprint density at radius 2 is 2.09 bits per heavy atom. The number of nitrogens with zero attached hydrogens (tertiary/aromatic N) is 2. The van der Waals surface area contributed by atoms with Gasteiger partial charge in [-0.25, -0.2) is 4.79 Å². The summed E-state index contributed by atoms with van der Waals surface area (Å²) in [5, 5.41) is 6.65. The molecule has 23 heavy (non-hydrogen) atoms. The van der Waals surface area contributed by atoms with Crippen LogP contribution in [0.1, 0.15) is 29.5 Å². The predicted octanol–water partition coefficient (Wildman–Crippen LogP) is 3.02. The van der Waals surface area contributed by atoms with Crippen molar-refractivity contribution < 1.29 is 14.1 Å². The van der Waals surface area contributed by atoms with Crippen molar-refractivity contribution in [3.05, 3.63) is 51.3 Å². The number of rotatable bonds is 3. The summed E-state index contributed by atoms with van der Waals surface area (Å²) >= 11 is 3.39. The summed E-state index contributed by atoms with van der Waals surface area (Å²) in [5.41, 5.74) is 1.08. The maximum absolute atomic E-state index is 12.9. The lowest BCUT2D eigenvalue weighted by Gasteiger charge is -2.22. The van der Waals surface area contributed by atoms with Crippen LogP contribution < -0.4 is 5.32 Å². The number of nitrogens with one attached hydrogen (secondary N) is 1. The van der Waals surface area contributed by atoms with Crippen molar-refractivity contribution >= 4 is 27.9 Å². The zero-order valence-corrected chi connectivity index (χ0v) is 14.6. The number of halogens is 1. The van der Waals surface area contributed by atoms with Crippen LogP contribution >= 0.6 is 15.9 Å². The topological polar surface area (TPSA) is 75.4 Å². The maximum Gasteiger partial charge on any atom is 0.325 e. The summed E-state index contributed by atoms with van der Waals surface area (Å²) in [6, 6.07) is 6.94. The average Bonchev–Trinajstić information content (AvgIpc) is 2.93. The monoisotopic (exact) mass is 377 g/mol. The third-order valence-corrected chi connectivity index (χ3v) is 4.67. The lowest BCUT2D eigenvalue weighted by molar-refractivity contribution is -0.131. The van der Waals surface area contributed by atoms with Gasteiger partial charge in [-0.05, 0) is 38.5 Å². The minimum atomic E-state index is -1.08. The van der Waals surface area contributed by atoms with Crippen molar-refractivity contribution in [2.45, 2.75) is 32.9 Å². The molecule has 0 bridgehead atoms. The third-order valence-electron chi connectivity index (χ3n) is 4.17. The third kappa shape index (κ3) is 2.55. The molecule has 0 unspecified atom stereocenters. The highest BCUT2D eigenvalue weighted by Crippen LogP contribution is 2.31. The van der Waals surface area contributed by atoms with E-state index < -0.39 is 11.6 Å². The second-order valence-electron chi connectivity index (χ2n) is 5.76. The molecule has 120 valence electrons. The molecule has 1 aromatic heterocycles. The molecule has 0 saturated carbocycles. The normalized spacial score (nSPS) is 21.0. The lowest BCUT2D eigenvalue weighted by Crippen LogP contribution is -2.40. The average molecular weight is 378 g/mol. The Morgan fingerprint density at radius 1 is 1.35 bits per heavy atom. The van der Waals surface area contributed by atoms with E-state index in [-0.39, 0.29) is 12.5 Å². The molecule has 6 nitrogen and oxygen atoms in total. The zero-order valence-electron chi connectivity index (χ0n) is 13.0. The number of aryl methyl sites for hydroxylation is 2. The van der Waals surface area contributed by atoms with Gasteiger partial charge >= 0.3 is 6.03 Å². The molecule has 2 heterocycles. The van der Waals surface area contributed by atoms with Gasteiger partial charge in [0.25, 0.3) is 5.91 Å². The fourth-order valence-electron chi connectivity index (χ4n) is 2.72. The van der Waals surface area contributed by atoms with Gasteiger partial charge in [0.2, 0.25) is 0 Å². The highest BCUT2D eigenvalue weighted by Gasteiger charge is 2.49. The highest BCUT2D eigenvalue weighted by molar-refractivity contribution is 9.10. The van der Waals surface area contributed by atoms with Crippen LogP contribution in [0.15, 0.2) is 33.3 Å². The number of amides is 3. The van der Waals surface area contributed by atoms with Crippen LogP contribution in [0.3, 0.4) is 0 Å². The zero-order chi connectivity index (χ0) is 16.8. The van der Waals surface area contributed by atoms with E-state index in [0.29, 0.717) is 11.5 Å². The van der Waals surface area contributed by atoms with Crippen molar-refractivity contribution in [2.24, 2.45) is 0 Å². The Hall–Kier alpha value is -2.15. The van der Waals surface area contributed by atoms with Gasteiger partial charge in [0, 0.05) is 10.0 Å². The second kappa shape index (κ2) is 5.49. The molecule has 0 spiro atoms. The van der Waals surface area contributed by atoms with E-state index in [2.05, 4.69) is 26.4 Å². The van der Waals surface area contributed by atoms with Gasteiger partial charge in [-0.2, -0.15) is 0 Å². The highest BCUT2D eigenvalue weighted by atomic mass is 79.9. The molecule has 2 aromatic rings. The van der Waals surface area contributed by atoms with E-state index in [0.717, 1.165) is 15.6 Å². The number of hydrogen-bond acceptors (Lipinski definition) is 4. The first-order valence-corrected chi connectivity index (χ1v) is 7.94. The molecule has 3 rings (SSSR count). The Balaban J connectivity index is 1.94. The second-order valence-corrected chi connectivity index (χ2v) is 6.68. The fourth-order valence-corrected chi connectivity index (χ4v) is 3.12. The first-order valence-electron chi connectivity index (χ1n) is 7.15. The fraction of sp³-hybridized carbons (Fsp3) is 0.312. The Bertz CT molecular complexity index is 782. The molecule has 1 N–H and O–H groups in total. The van der Waals surface area contributed by atoms with Gasteiger partial charge in [0.15, 0.2) is 0 Å². The Kier molecular flexibility index (Phi) is 3.75. The largest absolute Gasteiger partial charge is 0.361 e. The van der Waals surface area contributed by atoms with E-state index in [1.165, 1.54) is 4.90 Å². The van der Waals surface area contributed by atoms with Gasteiger partial charge in [0.05, 0.1) is 12.2 Å². The quantitative estimate of drug-likeness (QED) is 0.834. The maximum atomic E-state index is 12.9. The van der Waals surface area contributed by atoms with Crippen LogP contribution in [0.2, 0.25) is 0 Å². The molecule has 1 fully saturated rings. The summed E-state index contributed by atoms with van der Waals surface area (Å²) in [7, 11) is 0. The van der Waals surface area contributed by atoms with E-state index in [1.54, 1.807) is 20.8 Å². The molecule has 3 amide bonds. The van der Waals surface area contributed by atoms with Gasteiger partial charge in [-0.15, -0.1) is 0 Å².